The van der Waals surface area contributed by atoms with Crippen LogP contribution >= 0.6 is 0 Å². The summed E-state index contributed by atoms with van der Waals surface area (Å²) in [5.74, 6) is 5.91. The minimum atomic E-state index is -0.372. The lowest BCUT2D eigenvalue weighted by atomic mass is 9.97. The van der Waals surface area contributed by atoms with E-state index in [9.17, 15) is 4.79 Å². The molecule has 0 radical (unpaired) electrons. The van der Waals surface area contributed by atoms with Gasteiger partial charge in [0.25, 0.3) is 0 Å². The first-order valence-electron chi connectivity index (χ1n) is 6.89. The average Bonchev–Trinajstić information content (AvgIpc) is 2.74. The summed E-state index contributed by atoms with van der Waals surface area (Å²) in [4.78, 5) is 14.0. The van der Waals surface area contributed by atoms with Crippen LogP contribution in [0.5, 0.6) is 0 Å². The fourth-order valence-electron chi connectivity index (χ4n) is 2.88. The van der Waals surface area contributed by atoms with Crippen LogP contribution in [-0.4, -0.2) is 22.9 Å². The third-order valence-electron chi connectivity index (χ3n) is 4.02. The second-order valence-corrected chi connectivity index (χ2v) is 5.50. The van der Waals surface area contributed by atoms with E-state index >= 15 is 0 Å². The quantitative estimate of drug-likeness (QED) is 0.498. The Morgan fingerprint density at radius 3 is 2.68 bits per heavy atom. The number of piperidine rings is 1. The lowest BCUT2D eigenvalue weighted by Gasteiger charge is -2.38. The van der Waals surface area contributed by atoms with Gasteiger partial charge >= 0.3 is 5.91 Å². The standard InChI is InChI=1S/C14H23N3O2/c1-9-7-12(19-13(9)14(18)16-15)8-17-10(2)5-4-6-11(17)3/h7,10-11H,4-6,8,15H2,1-3H3,(H,16,18)/t10-,11+. The van der Waals surface area contributed by atoms with Crippen LogP contribution in [0.3, 0.4) is 0 Å². The molecule has 1 aromatic rings. The molecule has 1 aliphatic rings. The number of nitrogens with two attached hydrogens (primary N) is 1. The molecule has 0 aliphatic carbocycles. The number of hydrazine groups is 1. The summed E-state index contributed by atoms with van der Waals surface area (Å²) in [6.45, 7) is 7.11. The van der Waals surface area contributed by atoms with Gasteiger partial charge < -0.3 is 4.42 Å². The van der Waals surface area contributed by atoms with Crippen molar-refractivity contribution in [2.24, 2.45) is 5.84 Å². The zero-order chi connectivity index (χ0) is 14.0. The molecule has 0 saturated carbocycles. The Morgan fingerprint density at radius 2 is 2.11 bits per heavy atom. The van der Waals surface area contributed by atoms with Gasteiger partial charge in [0, 0.05) is 17.6 Å². The fourth-order valence-corrected chi connectivity index (χ4v) is 2.88. The first kappa shape index (κ1) is 14.1. The zero-order valence-corrected chi connectivity index (χ0v) is 11.9. The Balaban J connectivity index is 2.12. The zero-order valence-electron chi connectivity index (χ0n) is 11.9. The number of furan rings is 1. The van der Waals surface area contributed by atoms with Gasteiger partial charge in [0.1, 0.15) is 5.76 Å². The molecule has 0 bridgehead atoms. The molecular formula is C14H23N3O2. The largest absolute Gasteiger partial charge is 0.454 e. The smallest absolute Gasteiger partial charge is 0.301 e. The number of carbonyl (C=O) groups excluding carboxylic acids is 1. The van der Waals surface area contributed by atoms with Gasteiger partial charge in [0.2, 0.25) is 0 Å². The molecule has 19 heavy (non-hydrogen) atoms. The molecule has 0 spiro atoms. The Morgan fingerprint density at radius 1 is 1.47 bits per heavy atom. The van der Waals surface area contributed by atoms with Crippen molar-refractivity contribution in [3.05, 3.63) is 23.2 Å². The molecule has 106 valence electrons. The molecule has 1 amide bonds. The second kappa shape index (κ2) is 5.75. The monoisotopic (exact) mass is 265 g/mol. The number of nitrogens with one attached hydrogen (secondary N) is 1. The maximum Gasteiger partial charge on any atom is 0.301 e. The van der Waals surface area contributed by atoms with E-state index in [2.05, 4.69) is 24.2 Å². The Kier molecular flexibility index (Phi) is 4.27. The molecule has 1 fully saturated rings. The predicted molar refractivity (Wildman–Crippen MR) is 73.4 cm³/mol. The van der Waals surface area contributed by atoms with Crippen LogP contribution in [0.1, 0.15) is 55.0 Å². The van der Waals surface area contributed by atoms with Crippen molar-refractivity contribution in [3.8, 4) is 0 Å². The Labute approximate surface area is 114 Å². The maximum absolute atomic E-state index is 11.5. The number of nitrogens with zero attached hydrogens (tertiary/aromatic N) is 1. The van der Waals surface area contributed by atoms with Crippen LogP contribution in [0.4, 0.5) is 0 Å². The Bertz CT molecular complexity index is 446. The van der Waals surface area contributed by atoms with E-state index in [1.165, 1.54) is 19.3 Å². The van der Waals surface area contributed by atoms with Crippen LogP contribution < -0.4 is 11.3 Å². The van der Waals surface area contributed by atoms with E-state index in [4.69, 9.17) is 10.3 Å². The fraction of sp³-hybridized carbons (Fsp3) is 0.643. The van der Waals surface area contributed by atoms with Crippen molar-refractivity contribution < 1.29 is 9.21 Å². The predicted octanol–water partition coefficient (Wildman–Crippen LogP) is 1.95. The molecule has 5 heteroatoms. The average molecular weight is 265 g/mol. The minimum absolute atomic E-state index is 0.315. The lowest BCUT2D eigenvalue weighted by molar-refractivity contribution is 0.0838. The number of amides is 1. The van der Waals surface area contributed by atoms with Crippen molar-refractivity contribution >= 4 is 5.91 Å². The van der Waals surface area contributed by atoms with E-state index in [1.54, 1.807) is 0 Å². The summed E-state index contributed by atoms with van der Waals surface area (Å²) >= 11 is 0. The number of likely N-dealkylation sites (tertiary alicyclic amines) is 1. The van der Waals surface area contributed by atoms with Crippen molar-refractivity contribution in [2.45, 2.75) is 58.7 Å². The van der Waals surface area contributed by atoms with Gasteiger partial charge in [-0.25, -0.2) is 5.84 Å². The molecule has 1 aliphatic heterocycles. The topological polar surface area (TPSA) is 71.5 Å². The van der Waals surface area contributed by atoms with Gasteiger partial charge in [-0.3, -0.25) is 15.1 Å². The van der Waals surface area contributed by atoms with Crippen LogP contribution in [0.15, 0.2) is 10.5 Å². The molecule has 3 N–H and O–H groups in total. The molecule has 1 aromatic heterocycles. The molecule has 1 saturated heterocycles. The second-order valence-electron chi connectivity index (χ2n) is 5.50. The van der Waals surface area contributed by atoms with Gasteiger partial charge in [-0.1, -0.05) is 6.42 Å². The lowest BCUT2D eigenvalue weighted by Crippen LogP contribution is -2.42. The van der Waals surface area contributed by atoms with E-state index < -0.39 is 0 Å². The van der Waals surface area contributed by atoms with Crippen LogP contribution in [0.2, 0.25) is 0 Å². The van der Waals surface area contributed by atoms with E-state index in [-0.39, 0.29) is 5.91 Å². The summed E-state index contributed by atoms with van der Waals surface area (Å²) in [5.41, 5.74) is 2.94. The number of hydrogen-bond donors (Lipinski definition) is 2. The number of hydrogen-bond acceptors (Lipinski definition) is 4. The summed E-state index contributed by atoms with van der Waals surface area (Å²) in [6.07, 6.45) is 3.73. The Hall–Kier alpha value is -1.33. The van der Waals surface area contributed by atoms with Crippen LogP contribution in [-0.2, 0) is 6.54 Å². The molecule has 2 atom stereocenters. The minimum Gasteiger partial charge on any atom is -0.454 e. The van der Waals surface area contributed by atoms with Gasteiger partial charge in [0.05, 0.1) is 6.54 Å². The number of rotatable bonds is 3. The van der Waals surface area contributed by atoms with Gasteiger partial charge in [-0.05, 0) is 39.7 Å². The summed E-state index contributed by atoms with van der Waals surface area (Å²) in [5, 5.41) is 0. The van der Waals surface area contributed by atoms with E-state index in [0.717, 1.165) is 17.9 Å². The van der Waals surface area contributed by atoms with Gasteiger partial charge in [-0.15, -0.1) is 0 Å². The van der Waals surface area contributed by atoms with Crippen LogP contribution in [0.25, 0.3) is 0 Å². The van der Waals surface area contributed by atoms with Crippen molar-refractivity contribution in [2.75, 3.05) is 0 Å². The third-order valence-corrected chi connectivity index (χ3v) is 4.02. The maximum atomic E-state index is 11.5. The number of nitrogen functional groups attached to an aromatic ring is 1. The highest BCUT2D eigenvalue weighted by atomic mass is 16.4. The van der Waals surface area contributed by atoms with Crippen molar-refractivity contribution in [1.29, 1.82) is 0 Å². The van der Waals surface area contributed by atoms with E-state index in [1.807, 2.05) is 13.0 Å². The summed E-state index contributed by atoms with van der Waals surface area (Å²) in [6, 6.07) is 3.04. The normalized spacial score (nSPS) is 24.4. The van der Waals surface area contributed by atoms with E-state index in [0.29, 0.717) is 17.8 Å². The van der Waals surface area contributed by atoms with Crippen LogP contribution in [0, 0.1) is 6.92 Å². The molecule has 5 nitrogen and oxygen atoms in total. The van der Waals surface area contributed by atoms with Crippen molar-refractivity contribution in [3.63, 3.8) is 0 Å². The SMILES string of the molecule is Cc1cc(CN2[C@H](C)CCC[C@@H]2C)oc1C(=O)NN. The molecule has 0 unspecified atom stereocenters. The highest BCUT2D eigenvalue weighted by molar-refractivity contribution is 5.92. The molecule has 2 heterocycles. The molecule has 2 rings (SSSR count). The third kappa shape index (κ3) is 2.98. The molecule has 0 aromatic carbocycles. The highest BCUT2D eigenvalue weighted by Gasteiger charge is 2.26. The summed E-state index contributed by atoms with van der Waals surface area (Å²) in [7, 11) is 0. The van der Waals surface area contributed by atoms with Gasteiger partial charge in [0.15, 0.2) is 5.76 Å². The number of aryl methyl sites for hydroxylation is 1. The first-order valence-corrected chi connectivity index (χ1v) is 6.89. The van der Waals surface area contributed by atoms with Gasteiger partial charge in [-0.2, -0.15) is 0 Å². The number of carbonyl (C=O) groups is 1. The first-order chi connectivity index (χ1) is 9.02. The summed E-state index contributed by atoms with van der Waals surface area (Å²) < 4.78 is 5.63. The van der Waals surface area contributed by atoms with Crippen molar-refractivity contribution in [1.82, 2.24) is 10.3 Å². The molecular weight excluding hydrogens is 242 g/mol. The highest BCUT2D eigenvalue weighted by Crippen LogP contribution is 2.26.